The number of nitrogens with one attached hydrogen (secondary N) is 1. The fourth-order valence-electron chi connectivity index (χ4n) is 2.51. The molecule has 1 heterocycles. The van der Waals surface area contributed by atoms with Gasteiger partial charge >= 0.3 is 0 Å². The molecule has 136 valence electrons. The maximum atomic E-state index is 13.1. The van der Waals surface area contributed by atoms with E-state index in [0.717, 1.165) is 4.68 Å². The molecule has 1 amide bonds. The number of ketones is 1. The molecule has 3 aromatic rings. The maximum Gasteiger partial charge on any atom is 0.267 e. The number of amides is 1. The first-order chi connectivity index (χ1) is 12.9. The Labute approximate surface area is 154 Å². The summed E-state index contributed by atoms with van der Waals surface area (Å²) in [4.78, 5) is 35.5. The minimum Gasteiger partial charge on any atom is -0.326 e. The largest absolute Gasteiger partial charge is 0.326 e. The number of carbonyl (C=O) groups excluding carboxylic acids is 2. The number of nitrogens with zero attached hydrogens (tertiary/aromatic N) is 2. The number of aromatic nitrogens is 2. The molecule has 0 fully saturated rings. The predicted octanol–water partition coefficient (Wildman–Crippen LogP) is 2.89. The Bertz CT molecular complexity index is 1040. The van der Waals surface area contributed by atoms with Crippen LogP contribution in [0.15, 0.2) is 65.5 Å². The van der Waals surface area contributed by atoms with Crippen molar-refractivity contribution < 1.29 is 14.0 Å². The Morgan fingerprint density at radius 2 is 1.67 bits per heavy atom. The predicted molar refractivity (Wildman–Crippen MR) is 99.0 cm³/mol. The highest BCUT2D eigenvalue weighted by molar-refractivity contribution is 5.96. The van der Waals surface area contributed by atoms with E-state index in [-0.39, 0.29) is 24.1 Å². The fraction of sp³-hybridized carbons (Fsp3) is 0.100. The highest BCUT2D eigenvalue weighted by Crippen LogP contribution is 2.16. The van der Waals surface area contributed by atoms with E-state index in [1.54, 1.807) is 36.4 Å². The fourth-order valence-corrected chi connectivity index (χ4v) is 2.51. The van der Waals surface area contributed by atoms with E-state index in [4.69, 9.17) is 0 Å². The Morgan fingerprint density at radius 3 is 2.30 bits per heavy atom. The van der Waals surface area contributed by atoms with E-state index in [1.807, 2.05) is 0 Å². The van der Waals surface area contributed by atoms with E-state index < -0.39 is 5.56 Å². The number of halogens is 1. The average molecular weight is 365 g/mol. The molecule has 0 radical (unpaired) electrons. The molecule has 3 rings (SSSR count). The maximum absolute atomic E-state index is 13.1. The summed E-state index contributed by atoms with van der Waals surface area (Å²) in [5.41, 5.74) is 1.65. The molecule has 7 heteroatoms. The number of hydrogen-bond acceptors (Lipinski definition) is 4. The average Bonchev–Trinajstić information content (AvgIpc) is 2.64. The number of benzene rings is 2. The van der Waals surface area contributed by atoms with Gasteiger partial charge in [-0.2, -0.15) is 5.10 Å². The molecule has 0 aliphatic heterocycles. The molecule has 6 nitrogen and oxygen atoms in total. The number of anilines is 1. The zero-order valence-corrected chi connectivity index (χ0v) is 14.5. The SMILES string of the molecule is CC(=O)Nc1ccc(C(=O)Cn2nc(-c3ccc(F)cc3)ccc2=O)cc1. The van der Waals surface area contributed by atoms with E-state index >= 15 is 0 Å². The lowest BCUT2D eigenvalue weighted by molar-refractivity contribution is -0.114. The zero-order chi connectivity index (χ0) is 19.4. The normalized spacial score (nSPS) is 10.4. The minimum absolute atomic E-state index is 0.206. The third-order valence-electron chi connectivity index (χ3n) is 3.83. The van der Waals surface area contributed by atoms with Crippen molar-refractivity contribution in [3.63, 3.8) is 0 Å². The topological polar surface area (TPSA) is 81.1 Å². The highest BCUT2D eigenvalue weighted by atomic mass is 19.1. The van der Waals surface area contributed by atoms with Crippen LogP contribution in [0.4, 0.5) is 10.1 Å². The molecule has 0 saturated heterocycles. The first-order valence-electron chi connectivity index (χ1n) is 8.17. The zero-order valence-electron chi connectivity index (χ0n) is 14.5. The molecule has 0 unspecified atom stereocenters. The van der Waals surface area contributed by atoms with Crippen LogP contribution in [0.5, 0.6) is 0 Å². The smallest absolute Gasteiger partial charge is 0.267 e. The molecule has 0 aliphatic rings. The minimum atomic E-state index is -0.413. The van der Waals surface area contributed by atoms with Gasteiger partial charge in [0.15, 0.2) is 5.78 Å². The molecule has 0 bridgehead atoms. The van der Waals surface area contributed by atoms with Crippen molar-refractivity contribution >= 4 is 17.4 Å². The van der Waals surface area contributed by atoms with Crippen molar-refractivity contribution in [2.24, 2.45) is 0 Å². The summed E-state index contributed by atoms with van der Waals surface area (Å²) in [5.74, 6) is -0.873. The summed E-state index contributed by atoms with van der Waals surface area (Å²) in [6, 6.07) is 14.9. The van der Waals surface area contributed by atoms with Crippen LogP contribution in [0.2, 0.25) is 0 Å². The Kier molecular flexibility index (Phi) is 5.21. The second-order valence-corrected chi connectivity index (χ2v) is 5.90. The van der Waals surface area contributed by atoms with Crippen molar-refractivity contribution in [3.8, 4) is 11.3 Å². The summed E-state index contributed by atoms with van der Waals surface area (Å²) in [6.07, 6.45) is 0. The first kappa shape index (κ1) is 18.2. The van der Waals surface area contributed by atoms with Gasteiger partial charge in [0.05, 0.1) is 5.69 Å². The first-order valence-corrected chi connectivity index (χ1v) is 8.17. The van der Waals surface area contributed by atoms with Gasteiger partial charge in [0.25, 0.3) is 5.56 Å². The Balaban J connectivity index is 1.81. The van der Waals surface area contributed by atoms with Gasteiger partial charge in [0.1, 0.15) is 12.4 Å². The van der Waals surface area contributed by atoms with Gasteiger partial charge in [-0.05, 0) is 54.6 Å². The number of carbonyl (C=O) groups is 2. The summed E-state index contributed by atoms with van der Waals surface area (Å²) >= 11 is 0. The van der Waals surface area contributed by atoms with Crippen molar-refractivity contribution in [3.05, 3.63) is 82.4 Å². The van der Waals surface area contributed by atoms with Crippen LogP contribution in [0.1, 0.15) is 17.3 Å². The van der Waals surface area contributed by atoms with Gasteiger partial charge in [-0.25, -0.2) is 9.07 Å². The molecule has 0 atom stereocenters. The van der Waals surface area contributed by atoms with Gasteiger partial charge in [0.2, 0.25) is 5.91 Å². The van der Waals surface area contributed by atoms with Gasteiger partial charge in [-0.15, -0.1) is 0 Å². The number of hydrogen-bond donors (Lipinski definition) is 1. The van der Waals surface area contributed by atoms with Crippen LogP contribution < -0.4 is 10.9 Å². The van der Waals surface area contributed by atoms with E-state index in [2.05, 4.69) is 10.4 Å². The number of Topliss-reactive ketones (excluding diaryl/α,β-unsaturated/α-hetero) is 1. The molecule has 0 saturated carbocycles. The van der Waals surface area contributed by atoms with Crippen molar-refractivity contribution in [2.45, 2.75) is 13.5 Å². The summed E-state index contributed by atoms with van der Waals surface area (Å²) < 4.78 is 14.1. The van der Waals surface area contributed by atoms with Crippen LogP contribution in [0.3, 0.4) is 0 Å². The third kappa shape index (κ3) is 4.52. The van der Waals surface area contributed by atoms with Crippen LogP contribution in [0.25, 0.3) is 11.3 Å². The van der Waals surface area contributed by atoms with E-state index in [1.165, 1.54) is 31.2 Å². The molecule has 27 heavy (non-hydrogen) atoms. The second-order valence-electron chi connectivity index (χ2n) is 5.90. The lowest BCUT2D eigenvalue weighted by Crippen LogP contribution is -2.26. The van der Waals surface area contributed by atoms with Gasteiger partial charge in [-0.3, -0.25) is 14.4 Å². The van der Waals surface area contributed by atoms with Crippen LogP contribution in [0, 0.1) is 5.82 Å². The Hall–Kier alpha value is -3.61. The van der Waals surface area contributed by atoms with Crippen molar-refractivity contribution in [2.75, 3.05) is 5.32 Å². The van der Waals surface area contributed by atoms with E-state index in [9.17, 15) is 18.8 Å². The lowest BCUT2D eigenvalue weighted by atomic mass is 10.1. The molecular formula is C20H16FN3O3. The van der Waals surface area contributed by atoms with Crippen molar-refractivity contribution in [1.29, 1.82) is 0 Å². The molecule has 2 aromatic carbocycles. The second kappa shape index (κ2) is 7.74. The quantitative estimate of drug-likeness (QED) is 0.705. The van der Waals surface area contributed by atoms with Gasteiger partial charge in [0, 0.05) is 29.8 Å². The summed E-state index contributed by atoms with van der Waals surface area (Å²) in [5, 5.41) is 6.81. The molecule has 0 aliphatic carbocycles. The molecular weight excluding hydrogens is 349 g/mol. The summed E-state index contributed by atoms with van der Waals surface area (Å²) in [6.45, 7) is 1.17. The van der Waals surface area contributed by atoms with Crippen LogP contribution in [-0.2, 0) is 11.3 Å². The van der Waals surface area contributed by atoms with Gasteiger partial charge < -0.3 is 5.32 Å². The lowest BCUT2D eigenvalue weighted by Gasteiger charge is -2.08. The third-order valence-corrected chi connectivity index (χ3v) is 3.83. The summed E-state index contributed by atoms with van der Waals surface area (Å²) in [7, 11) is 0. The Morgan fingerprint density at radius 1 is 1.00 bits per heavy atom. The highest BCUT2D eigenvalue weighted by Gasteiger charge is 2.11. The van der Waals surface area contributed by atoms with Crippen molar-refractivity contribution in [1.82, 2.24) is 9.78 Å². The van der Waals surface area contributed by atoms with Crippen LogP contribution >= 0.6 is 0 Å². The van der Waals surface area contributed by atoms with Crippen LogP contribution in [-0.4, -0.2) is 21.5 Å². The molecule has 1 aromatic heterocycles. The molecule has 1 N–H and O–H groups in total. The number of rotatable bonds is 5. The monoisotopic (exact) mass is 365 g/mol. The van der Waals surface area contributed by atoms with E-state index in [0.29, 0.717) is 22.5 Å². The molecule has 0 spiro atoms. The standard InChI is InChI=1S/C20H16FN3O3/c1-13(25)22-17-8-4-15(5-9-17)19(26)12-24-20(27)11-10-18(23-24)14-2-6-16(21)7-3-14/h2-11H,12H2,1H3,(H,22,25). The van der Waals surface area contributed by atoms with Gasteiger partial charge in [-0.1, -0.05) is 0 Å².